The molecule has 2 atom stereocenters. The van der Waals surface area contributed by atoms with E-state index in [1.54, 1.807) is 0 Å². The van der Waals surface area contributed by atoms with E-state index < -0.39 is 0 Å². The fourth-order valence-electron chi connectivity index (χ4n) is 3.55. The molecule has 0 aromatic heterocycles. The summed E-state index contributed by atoms with van der Waals surface area (Å²) in [4.78, 5) is 13.9. The predicted molar refractivity (Wildman–Crippen MR) is 93.4 cm³/mol. The van der Waals surface area contributed by atoms with E-state index in [2.05, 4.69) is 24.3 Å². The Labute approximate surface area is 142 Å². The van der Waals surface area contributed by atoms with Crippen molar-refractivity contribution >= 4 is 17.6 Å². The van der Waals surface area contributed by atoms with Crippen molar-refractivity contribution in [2.45, 2.75) is 37.8 Å². The summed E-state index contributed by atoms with van der Waals surface area (Å²) in [6, 6.07) is 17.8. The SMILES string of the molecule is NC(=O)N(Cc1ccc(Cl)cc1)C1CCCC1c1ccccc1. The van der Waals surface area contributed by atoms with Crippen LogP contribution in [0.3, 0.4) is 0 Å². The van der Waals surface area contributed by atoms with Crippen LogP contribution in [0, 0.1) is 0 Å². The van der Waals surface area contributed by atoms with E-state index >= 15 is 0 Å². The topological polar surface area (TPSA) is 46.3 Å². The van der Waals surface area contributed by atoms with Gasteiger partial charge in [-0.25, -0.2) is 4.79 Å². The molecule has 3 nitrogen and oxygen atoms in total. The van der Waals surface area contributed by atoms with E-state index in [9.17, 15) is 4.79 Å². The summed E-state index contributed by atoms with van der Waals surface area (Å²) in [5.74, 6) is 0.357. The van der Waals surface area contributed by atoms with Crippen molar-refractivity contribution in [3.63, 3.8) is 0 Å². The van der Waals surface area contributed by atoms with Gasteiger partial charge in [0.1, 0.15) is 0 Å². The van der Waals surface area contributed by atoms with Gasteiger partial charge in [-0.1, -0.05) is 60.5 Å². The lowest BCUT2D eigenvalue weighted by Gasteiger charge is -2.32. The number of primary amides is 1. The summed E-state index contributed by atoms with van der Waals surface area (Å²) in [7, 11) is 0. The fraction of sp³-hybridized carbons (Fsp3) is 0.316. The highest BCUT2D eigenvalue weighted by atomic mass is 35.5. The average molecular weight is 329 g/mol. The van der Waals surface area contributed by atoms with Gasteiger partial charge in [0.25, 0.3) is 0 Å². The first-order chi connectivity index (χ1) is 11.1. The molecule has 2 N–H and O–H groups in total. The third-order valence-electron chi connectivity index (χ3n) is 4.66. The van der Waals surface area contributed by atoms with Crippen molar-refractivity contribution in [1.29, 1.82) is 0 Å². The van der Waals surface area contributed by atoms with E-state index in [-0.39, 0.29) is 12.1 Å². The zero-order valence-corrected chi connectivity index (χ0v) is 13.7. The molecule has 120 valence electrons. The number of hydrogen-bond donors (Lipinski definition) is 1. The molecule has 1 saturated carbocycles. The Morgan fingerprint density at radius 2 is 1.78 bits per heavy atom. The minimum Gasteiger partial charge on any atom is -0.351 e. The van der Waals surface area contributed by atoms with Crippen LogP contribution in [0.2, 0.25) is 5.02 Å². The average Bonchev–Trinajstić information content (AvgIpc) is 3.04. The van der Waals surface area contributed by atoms with Gasteiger partial charge in [-0.2, -0.15) is 0 Å². The van der Waals surface area contributed by atoms with E-state index in [1.165, 1.54) is 5.56 Å². The van der Waals surface area contributed by atoms with Crippen LogP contribution in [0.4, 0.5) is 4.79 Å². The third-order valence-corrected chi connectivity index (χ3v) is 4.91. The number of nitrogens with two attached hydrogens (primary N) is 1. The molecule has 1 fully saturated rings. The number of rotatable bonds is 4. The maximum absolute atomic E-state index is 12.1. The Balaban J connectivity index is 1.82. The molecule has 0 saturated heterocycles. The fourth-order valence-corrected chi connectivity index (χ4v) is 3.67. The largest absolute Gasteiger partial charge is 0.351 e. The van der Waals surface area contributed by atoms with Crippen LogP contribution in [0.1, 0.15) is 36.3 Å². The highest BCUT2D eigenvalue weighted by Crippen LogP contribution is 2.38. The maximum atomic E-state index is 12.1. The summed E-state index contributed by atoms with van der Waals surface area (Å²) in [6.07, 6.45) is 3.21. The number of benzene rings is 2. The minimum absolute atomic E-state index is 0.158. The van der Waals surface area contributed by atoms with Gasteiger partial charge in [0.15, 0.2) is 0 Å². The Hall–Kier alpha value is -2.00. The highest BCUT2D eigenvalue weighted by Gasteiger charge is 2.34. The van der Waals surface area contributed by atoms with Gasteiger partial charge < -0.3 is 10.6 Å². The number of nitrogens with zero attached hydrogens (tertiary/aromatic N) is 1. The molecule has 0 radical (unpaired) electrons. The van der Waals surface area contributed by atoms with Gasteiger partial charge >= 0.3 is 6.03 Å². The number of carbonyl (C=O) groups is 1. The second-order valence-electron chi connectivity index (χ2n) is 6.11. The lowest BCUT2D eigenvalue weighted by atomic mass is 9.93. The van der Waals surface area contributed by atoms with E-state index in [0.29, 0.717) is 17.5 Å². The molecular weight excluding hydrogens is 308 g/mol. The molecule has 2 aromatic carbocycles. The lowest BCUT2D eigenvalue weighted by molar-refractivity contribution is 0.174. The van der Waals surface area contributed by atoms with Gasteiger partial charge in [0, 0.05) is 23.5 Å². The molecule has 0 aliphatic heterocycles. The number of amides is 2. The first-order valence-electron chi connectivity index (χ1n) is 8.00. The first kappa shape index (κ1) is 15.9. The van der Waals surface area contributed by atoms with Crippen molar-refractivity contribution in [2.75, 3.05) is 0 Å². The Kier molecular flexibility index (Phi) is 4.87. The Morgan fingerprint density at radius 3 is 2.43 bits per heavy atom. The number of halogens is 1. The maximum Gasteiger partial charge on any atom is 0.315 e. The van der Waals surface area contributed by atoms with Crippen molar-refractivity contribution in [2.24, 2.45) is 5.73 Å². The van der Waals surface area contributed by atoms with Crippen LogP contribution in [-0.2, 0) is 6.54 Å². The van der Waals surface area contributed by atoms with E-state index in [1.807, 2.05) is 35.2 Å². The van der Waals surface area contributed by atoms with E-state index in [4.69, 9.17) is 17.3 Å². The molecule has 1 aliphatic carbocycles. The molecule has 3 rings (SSSR count). The minimum atomic E-state index is -0.354. The molecular formula is C19H21ClN2O. The van der Waals surface area contributed by atoms with Crippen LogP contribution >= 0.6 is 11.6 Å². The van der Waals surface area contributed by atoms with Crippen LogP contribution in [0.15, 0.2) is 54.6 Å². The third kappa shape index (κ3) is 3.67. The molecule has 23 heavy (non-hydrogen) atoms. The molecule has 0 spiro atoms. The molecule has 2 unspecified atom stereocenters. The quantitative estimate of drug-likeness (QED) is 0.878. The highest BCUT2D eigenvalue weighted by molar-refractivity contribution is 6.30. The number of hydrogen-bond acceptors (Lipinski definition) is 1. The Morgan fingerprint density at radius 1 is 1.09 bits per heavy atom. The molecule has 1 aliphatic rings. The zero-order chi connectivity index (χ0) is 16.2. The summed E-state index contributed by atoms with van der Waals surface area (Å²) < 4.78 is 0. The standard InChI is InChI=1S/C19H21ClN2O/c20-16-11-9-14(10-12-16)13-22(19(21)23)18-8-4-7-17(18)15-5-2-1-3-6-15/h1-3,5-6,9-12,17-18H,4,7-8,13H2,(H2,21,23). The first-order valence-corrected chi connectivity index (χ1v) is 8.38. The second kappa shape index (κ2) is 7.05. The van der Waals surface area contributed by atoms with Gasteiger partial charge in [-0.05, 0) is 36.1 Å². The van der Waals surface area contributed by atoms with Gasteiger partial charge in [-0.3, -0.25) is 0 Å². The monoisotopic (exact) mass is 328 g/mol. The van der Waals surface area contributed by atoms with Crippen LogP contribution in [-0.4, -0.2) is 17.0 Å². The van der Waals surface area contributed by atoms with Gasteiger partial charge in [-0.15, -0.1) is 0 Å². The van der Waals surface area contributed by atoms with Gasteiger partial charge in [0.2, 0.25) is 0 Å². The molecule has 0 heterocycles. The number of urea groups is 1. The number of carbonyl (C=O) groups excluding carboxylic acids is 1. The van der Waals surface area contributed by atoms with E-state index in [0.717, 1.165) is 24.8 Å². The summed E-state index contributed by atoms with van der Waals surface area (Å²) in [5, 5.41) is 0.697. The summed E-state index contributed by atoms with van der Waals surface area (Å²) in [5.41, 5.74) is 8.03. The van der Waals surface area contributed by atoms with Crippen molar-refractivity contribution in [1.82, 2.24) is 4.90 Å². The molecule has 4 heteroatoms. The van der Waals surface area contributed by atoms with Crippen molar-refractivity contribution in [3.8, 4) is 0 Å². The summed E-state index contributed by atoms with van der Waals surface area (Å²) in [6.45, 7) is 0.528. The normalized spacial score (nSPS) is 20.4. The van der Waals surface area contributed by atoms with Crippen molar-refractivity contribution < 1.29 is 4.79 Å². The molecule has 2 aromatic rings. The van der Waals surface area contributed by atoms with Crippen LogP contribution in [0.5, 0.6) is 0 Å². The van der Waals surface area contributed by atoms with Crippen molar-refractivity contribution in [3.05, 3.63) is 70.7 Å². The smallest absolute Gasteiger partial charge is 0.315 e. The summed E-state index contributed by atoms with van der Waals surface area (Å²) >= 11 is 5.94. The van der Waals surface area contributed by atoms with Gasteiger partial charge in [0.05, 0.1) is 0 Å². The van der Waals surface area contributed by atoms with Crippen LogP contribution < -0.4 is 5.73 Å². The van der Waals surface area contributed by atoms with Crippen LogP contribution in [0.25, 0.3) is 0 Å². The molecule has 2 amide bonds. The predicted octanol–water partition coefficient (Wildman–Crippen LogP) is 4.56. The zero-order valence-electron chi connectivity index (χ0n) is 13.0. The Bertz CT molecular complexity index is 657. The lowest BCUT2D eigenvalue weighted by Crippen LogP contribution is -2.44. The second-order valence-corrected chi connectivity index (χ2v) is 6.54. The molecule has 0 bridgehead atoms.